The van der Waals surface area contributed by atoms with Crippen molar-refractivity contribution in [3.63, 3.8) is 0 Å². The van der Waals surface area contributed by atoms with Gasteiger partial charge < -0.3 is 24.8 Å². The summed E-state index contributed by atoms with van der Waals surface area (Å²) in [7, 11) is 0. The number of fused-ring (bicyclic) bond motifs is 1. The van der Waals surface area contributed by atoms with Crippen molar-refractivity contribution in [1.29, 1.82) is 0 Å². The van der Waals surface area contributed by atoms with Gasteiger partial charge in [0.05, 0.1) is 25.5 Å². The monoisotopic (exact) mass is 362 g/mol. The normalized spacial score (nSPS) is 12.7. The second-order valence-electron chi connectivity index (χ2n) is 5.70. The number of amides is 1. The fourth-order valence-electron chi connectivity index (χ4n) is 2.79. The minimum absolute atomic E-state index is 0.0159. The number of hydrogen-bond donors (Lipinski definition) is 3. The summed E-state index contributed by atoms with van der Waals surface area (Å²) in [5.74, 6) is -3.38. The van der Waals surface area contributed by atoms with Crippen LogP contribution in [0.2, 0.25) is 0 Å². The number of carboxylic acid groups (broad SMARTS) is 1. The topological polar surface area (TPSA) is 118 Å². The number of aliphatic carboxylic acids is 1. The van der Waals surface area contributed by atoms with E-state index in [2.05, 4.69) is 0 Å². The van der Waals surface area contributed by atoms with Crippen LogP contribution in [0, 0.1) is 5.82 Å². The van der Waals surface area contributed by atoms with Gasteiger partial charge in [0.2, 0.25) is 0 Å². The number of hydrogen-bond acceptors (Lipinski definition) is 5. The highest BCUT2D eigenvalue weighted by atomic mass is 19.1. The molecule has 1 aromatic carbocycles. The van der Waals surface area contributed by atoms with Crippen LogP contribution in [0.3, 0.4) is 0 Å². The van der Waals surface area contributed by atoms with Crippen molar-refractivity contribution in [2.75, 3.05) is 6.54 Å². The lowest BCUT2D eigenvalue weighted by atomic mass is 10.1. The first-order chi connectivity index (χ1) is 12.4. The van der Waals surface area contributed by atoms with Crippen LogP contribution in [0.15, 0.2) is 29.1 Å². The first-order valence-corrected chi connectivity index (χ1v) is 7.68. The Morgan fingerprint density at radius 2 is 2.00 bits per heavy atom. The molecule has 3 rings (SSSR count). The van der Waals surface area contributed by atoms with Gasteiger partial charge in [-0.05, 0) is 6.07 Å². The van der Waals surface area contributed by atoms with Crippen LogP contribution in [0.5, 0.6) is 5.75 Å². The summed E-state index contributed by atoms with van der Waals surface area (Å²) in [6.07, 6.45) is 0. The van der Waals surface area contributed by atoms with E-state index < -0.39 is 41.1 Å². The zero-order chi connectivity index (χ0) is 18.8. The van der Waals surface area contributed by atoms with Crippen molar-refractivity contribution in [3.05, 3.63) is 62.8 Å². The van der Waals surface area contributed by atoms with Crippen molar-refractivity contribution in [1.82, 2.24) is 9.88 Å². The number of nitrogens with one attached hydrogen (secondary N) is 1. The van der Waals surface area contributed by atoms with Crippen molar-refractivity contribution < 1.29 is 28.9 Å². The number of aromatic hydroxyl groups is 1. The van der Waals surface area contributed by atoms with E-state index in [1.165, 1.54) is 18.2 Å². The average Bonchev–Trinajstić information content (AvgIpc) is 3.08. The van der Waals surface area contributed by atoms with Crippen LogP contribution in [0.1, 0.15) is 27.2 Å². The number of benzene rings is 1. The van der Waals surface area contributed by atoms with E-state index in [-0.39, 0.29) is 30.9 Å². The Balaban J connectivity index is 2.10. The van der Waals surface area contributed by atoms with E-state index >= 15 is 0 Å². The highest BCUT2D eigenvalue weighted by molar-refractivity contribution is 5.98. The quantitative estimate of drug-likeness (QED) is 0.716. The molecule has 136 valence electrons. The van der Waals surface area contributed by atoms with Crippen LogP contribution in [-0.2, 0) is 29.3 Å². The molecule has 0 aliphatic carbocycles. The van der Waals surface area contributed by atoms with Gasteiger partial charge in [-0.15, -0.1) is 0 Å². The fraction of sp³-hybridized carbons (Fsp3) is 0.235. The maximum Gasteiger partial charge on any atom is 0.322 e. The predicted molar refractivity (Wildman–Crippen MR) is 86.3 cm³/mol. The molecule has 1 aliphatic rings. The van der Waals surface area contributed by atoms with Gasteiger partial charge in [0, 0.05) is 11.1 Å². The molecule has 0 radical (unpaired) electrons. The standard InChI is InChI=1S/C17H15FN2O6/c18-11-4-2-1-3-9(11)6-20-12-8-26-7-10(12)15(23)14(17(20)25)16(24)19-5-13(21)22/h1-4,23H,5-8H2,(H,19,24)(H,21,22). The van der Waals surface area contributed by atoms with Gasteiger partial charge in [0.1, 0.15) is 23.7 Å². The van der Waals surface area contributed by atoms with Gasteiger partial charge in [-0.1, -0.05) is 18.2 Å². The Labute approximate surface area is 146 Å². The molecule has 8 nitrogen and oxygen atoms in total. The first kappa shape index (κ1) is 17.6. The number of carbonyl (C=O) groups is 2. The molecule has 2 heterocycles. The van der Waals surface area contributed by atoms with Gasteiger partial charge >= 0.3 is 5.97 Å². The molecule has 0 saturated heterocycles. The van der Waals surface area contributed by atoms with Gasteiger partial charge in [-0.3, -0.25) is 14.4 Å². The summed E-state index contributed by atoms with van der Waals surface area (Å²) in [6.45, 7) is -0.850. The van der Waals surface area contributed by atoms with Crippen molar-refractivity contribution in [3.8, 4) is 5.75 Å². The van der Waals surface area contributed by atoms with E-state index in [1.807, 2.05) is 5.32 Å². The number of pyridine rings is 1. The third-order valence-corrected chi connectivity index (χ3v) is 4.05. The molecular formula is C17H15FN2O6. The Hall–Kier alpha value is -3.20. The average molecular weight is 362 g/mol. The lowest BCUT2D eigenvalue weighted by molar-refractivity contribution is -0.135. The zero-order valence-electron chi connectivity index (χ0n) is 13.5. The molecule has 1 amide bonds. The van der Waals surface area contributed by atoms with E-state index in [0.29, 0.717) is 5.69 Å². The van der Waals surface area contributed by atoms with Crippen LogP contribution < -0.4 is 10.9 Å². The summed E-state index contributed by atoms with van der Waals surface area (Å²) in [6, 6.07) is 5.87. The molecule has 0 atom stereocenters. The SMILES string of the molecule is O=C(O)CNC(=O)c1c(O)c2c(n(Cc3ccccc3F)c1=O)COC2. The summed E-state index contributed by atoms with van der Waals surface area (Å²) >= 11 is 0. The zero-order valence-corrected chi connectivity index (χ0v) is 13.5. The molecule has 9 heteroatoms. The Kier molecular flexibility index (Phi) is 4.72. The van der Waals surface area contributed by atoms with Gasteiger partial charge in [0.15, 0.2) is 0 Å². The molecule has 26 heavy (non-hydrogen) atoms. The molecule has 0 bridgehead atoms. The summed E-state index contributed by atoms with van der Waals surface area (Å²) in [5, 5.41) is 21.0. The summed E-state index contributed by atoms with van der Waals surface area (Å²) < 4.78 is 20.4. The third-order valence-electron chi connectivity index (χ3n) is 4.05. The number of carbonyl (C=O) groups excluding carboxylic acids is 1. The predicted octanol–water partition coefficient (Wildman–Crippen LogP) is 0.586. The molecular weight excluding hydrogens is 347 g/mol. The second kappa shape index (κ2) is 6.96. The van der Waals surface area contributed by atoms with Crippen LogP contribution in [0.25, 0.3) is 0 Å². The molecule has 0 unspecified atom stereocenters. The van der Waals surface area contributed by atoms with Crippen molar-refractivity contribution in [2.45, 2.75) is 19.8 Å². The van der Waals surface area contributed by atoms with Crippen LogP contribution in [0.4, 0.5) is 4.39 Å². The number of aromatic nitrogens is 1. The molecule has 0 fully saturated rings. The highest BCUT2D eigenvalue weighted by Gasteiger charge is 2.29. The smallest absolute Gasteiger partial charge is 0.322 e. The summed E-state index contributed by atoms with van der Waals surface area (Å²) in [4.78, 5) is 35.6. The minimum atomic E-state index is -1.30. The van der Waals surface area contributed by atoms with E-state index in [0.717, 1.165) is 4.57 Å². The number of halogens is 1. The van der Waals surface area contributed by atoms with Crippen LogP contribution in [-0.4, -0.2) is 33.2 Å². The van der Waals surface area contributed by atoms with Crippen LogP contribution >= 0.6 is 0 Å². The van der Waals surface area contributed by atoms with Crippen molar-refractivity contribution >= 4 is 11.9 Å². The molecule has 1 aromatic heterocycles. The van der Waals surface area contributed by atoms with E-state index in [1.54, 1.807) is 6.07 Å². The Morgan fingerprint density at radius 1 is 1.27 bits per heavy atom. The molecule has 1 aliphatic heterocycles. The number of rotatable bonds is 5. The summed E-state index contributed by atoms with van der Waals surface area (Å²) in [5.41, 5.74) is -0.608. The third kappa shape index (κ3) is 3.16. The lowest BCUT2D eigenvalue weighted by Crippen LogP contribution is -2.37. The number of nitrogens with zero attached hydrogens (tertiary/aromatic N) is 1. The maximum atomic E-state index is 14.0. The highest BCUT2D eigenvalue weighted by Crippen LogP contribution is 2.30. The van der Waals surface area contributed by atoms with Gasteiger partial charge in [0.25, 0.3) is 11.5 Å². The van der Waals surface area contributed by atoms with Gasteiger partial charge in [-0.25, -0.2) is 4.39 Å². The minimum Gasteiger partial charge on any atom is -0.506 e. The molecule has 2 aromatic rings. The molecule has 3 N–H and O–H groups in total. The second-order valence-corrected chi connectivity index (χ2v) is 5.70. The maximum absolute atomic E-state index is 14.0. The molecule has 0 spiro atoms. The number of ether oxygens (including phenoxy) is 1. The largest absolute Gasteiger partial charge is 0.506 e. The number of carboxylic acids is 1. The van der Waals surface area contributed by atoms with E-state index in [4.69, 9.17) is 9.84 Å². The Bertz CT molecular complexity index is 953. The van der Waals surface area contributed by atoms with Crippen molar-refractivity contribution in [2.24, 2.45) is 0 Å². The first-order valence-electron chi connectivity index (χ1n) is 7.68. The Morgan fingerprint density at radius 3 is 2.69 bits per heavy atom. The van der Waals surface area contributed by atoms with Gasteiger partial charge in [-0.2, -0.15) is 0 Å². The van der Waals surface area contributed by atoms with E-state index in [9.17, 15) is 23.9 Å². The fourth-order valence-corrected chi connectivity index (χ4v) is 2.79. The lowest BCUT2D eigenvalue weighted by Gasteiger charge is -2.15. The molecule has 0 saturated carbocycles.